The van der Waals surface area contributed by atoms with E-state index >= 15 is 0 Å². The zero-order valence-corrected chi connectivity index (χ0v) is 21.2. The van der Waals surface area contributed by atoms with Crippen LogP contribution >= 0.6 is 24.0 Å². The van der Waals surface area contributed by atoms with Crippen LogP contribution in [0.25, 0.3) is 0 Å². The Labute approximate surface area is 198 Å². The van der Waals surface area contributed by atoms with E-state index in [2.05, 4.69) is 54.3 Å². The highest BCUT2D eigenvalue weighted by Gasteiger charge is 2.24. The maximum absolute atomic E-state index is 11.4. The summed E-state index contributed by atoms with van der Waals surface area (Å²) >= 11 is 0. The van der Waals surface area contributed by atoms with Crippen LogP contribution in [0.15, 0.2) is 23.3 Å². The number of pyridine rings is 1. The Kier molecular flexibility index (Phi) is 12.1. The Morgan fingerprint density at radius 1 is 1.30 bits per heavy atom. The van der Waals surface area contributed by atoms with Crippen LogP contribution in [0.1, 0.15) is 58.9 Å². The summed E-state index contributed by atoms with van der Waals surface area (Å²) < 4.78 is 0. The number of primary amides is 1. The van der Waals surface area contributed by atoms with Crippen molar-refractivity contribution in [3.05, 3.63) is 23.9 Å². The monoisotopic (exact) mass is 530 g/mol. The third kappa shape index (κ3) is 8.65. The van der Waals surface area contributed by atoms with Gasteiger partial charge in [0.1, 0.15) is 5.82 Å². The molecule has 1 aromatic heterocycles. The van der Waals surface area contributed by atoms with E-state index in [1.165, 1.54) is 6.42 Å². The van der Waals surface area contributed by atoms with Gasteiger partial charge in [0.2, 0.25) is 5.91 Å². The van der Waals surface area contributed by atoms with Gasteiger partial charge in [0, 0.05) is 43.4 Å². The van der Waals surface area contributed by atoms with Gasteiger partial charge in [0.25, 0.3) is 0 Å². The maximum Gasteiger partial charge on any atom is 0.220 e. The number of hydrogen-bond acceptors (Lipinski definition) is 4. The summed E-state index contributed by atoms with van der Waals surface area (Å²) in [7, 11) is 0. The molecule has 8 heteroatoms. The van der Waals surface area contributed by atoms with Crippen molar-refractivity contribution >= 4 is 41.7 Å². The number of carbonyl (C=O) groups excluding carboxylic acids is 1. The van der Waals surface area contributed by atoms with Crippen LogP contribution < -0.4 is 21.3 Å². The molecular weight excluding hydrogens is 491 g/mol. The molecule has 0 spiro atoms. The SMILES string of the molecule is CCNC(=NCc1cccnc1N1CCC(C(N)=O)CC1)NC(C)CCC(C)C.I. The number of rotatable bonds is 9. The molecule has 1 aliphatic rings. The molecule has 1 aromatic rings. The topological polar surface area (TPSA) is 95.6 Å². The molecule has 30 heavy (non-hydrogen) atoms. The molecule has 2 heterocycles. The summed E-state index contributed by atoms with van der Waals surface area (Å²) in [5.74, 6) is 2.29. The van der Waals surface area contributed by atoms with Gasteiger partial charge in [-0.15, -0.1) is 24.0 Å². The molecule has 0 aromatic carbocycles. The van der Waals surface area contributed by atoms with E-state index in [0.29, 0.717) is 18.5 Å². The second-order valence-electron chi connectivity index (χ2n) is 8.36. The van der Waals surface area contributed by atoms with Gasteiger partial charge < -0.3 is 21.3 Å². The quantitative estimate of drug-likeness (QED) is 0.259. The number of aromatic nitrogens is 1. The number of amides is 1. The van der Waals surface area contributed by atoms with E-state index in [4.69, 9.17) is 10.7 Å². The smallest absolute Gasteiger partial charge is 0.220 e. The predicted molar refractivity (Wildman–Crippen MR) is 135 cm³/mol. The van der Waals surface area contributed by atoms with Crippen molar-refractivity contribution in [1.82, 2.24) is 15.6 Å². The van der Waals surface area contributed by atoms with Crippen LogP contribution in [0, 0.1) is 11.8 Å². The summed E-state index contributed by atoms with van der Waals surface area (Å²) in [6.45, 7) is 11.8. The minimum Gasteiger partial charge on any atom is -0.369 e. The molecule has 1 saturated heterocycles. The number of nitrogens with zero attached hydrogens (tertiary/aromatic N) is 3. The fraction of sp³-hybridized carbons (Fsp3) is 0.682. The molecule has 170 valence electrons. The number of anilines is 1. The zero-order chi connectivity index (χ0) is 21.2. The number of aliphatic imine (C=N–C) groups is 1. The Balaban J connectivity index is 0.00000450. The second kappa shape index (κ2) is 13.7. The van der Waals surface area contributed by atoms with Gasteiger partial charge in [-0.3, -0.25) is 4.79 Å². The lowest BCUT2D eigenvalue weighted by Gasteiger charge is -2.32. The van der Waals surface area contributed by atoms with Crippen molar-refractivity contribution in [2.45, 2.75) is 66.0 Å². The number of nitrogens with one attached hydrogen (secondary N) is 2. The summed E-state index contributed by atoms with van der Waals surface area (Å²) in [5, 5.41) is 6.86. The Morgan fingerprint density at radius 3 is 2.60 bits per heavy atom. The fourth-order valence-corrected chi connectivity index (χ4v) is 3.59. The van der Waals surface area contributed by atoms with Crippen LogP contribution in [0.2, 0.25) is 0 Å². The summed E-state index contributed by atoms with van der Waals surface area (Å²) in [6.07, 6.45) is 5.70. The lowest BCUT2D eigenvalue weighted by atomic mass is 9.96. The van der Waals surface area contributed by atoms with Crippen molar-refractivity contribution < 1.29 is 4.79 Å². The van der Waals surface area contributed by atoms with Crippen LogP contribution in [-0.2, 0) is 11.3 Å². The second-order valence-corrected chi connectivity index (χ2v) is 8.36. The Hall–Kier alpha value is -1.58. The first kappa shape index (κ1) is 26.5. The average Bonchev–Trinajstić information content (AvgIpc) is 2.71. The third-order valence-electron chi connectivity index (χ3n) is 5.38. The molecule has 1 fully saturated rings. The minimum absolute atomic E-state index is 0. The standard InChI is InChI=1S/C22H38N6O.HI/c1-5-24-22(27-17(4)9-8-16(2)3)26-15-19-7-6-12-25-21(19)28-13-10-18(11-14-28)20(23)29;/h6-7,12,16-18H,5,8-11,13-15H2,1-4H3,(H2,23,29)(H2,24,26,27);1H. The molecule has 1 unspecified atom stereocenters. The predicted octanol–water partition coefficient (Wildman–Crippen LogP) is 3.28. The number of halogens is 1. The normalized spacial score (nSPS) is 16.2. The van der Waals surface area contributed by atoms with E-state index in [9.17, 15) is 4.79 Å². The van der Waals surface area contributed by atoms with Crippen molar-refractivity contribution in [3.8, 4) is 0 Å². The van der Waals surface area contributed by atoms with E-state index in [1.54, 1.807) is 0 Å². The van der Waals surface area contributed by atoms with Crippen LogP contribution in [-0.4, -0.2) is 42.5 Å². The summed E-state index contributed by atoms with van der Waals surface area (Å²) in [5.41, 5.74) is 6.56. The molecule has 7 nitrogen and oxygen atoms in total. The third-order valence-corrected chi connectivity index (χ3v) is 5.38. The van der Waals surface area contributed by atoms with Gasteiger partial charge in [0.05, 0.1) is 6.54 Å². The first-order valence-electron chi connectivity index (χ1n) is 10.9. The van der Waals surface area contributed by atoms with Crippen molar-refractivity contribution in [2.75, 3.05) is 24.5 Å². The van der Waals surface area contributed by atoms with Crippen LogP contribution in [0.5, 0.6) is 0 Å². The Bertz CT molecular complexity index is 673. The van der Waals surface area contributed by atoms with Crippen molar-refractivity contribution in [1.29, 1.82) is 0 Å². The van der Waals surface area contributed by atoms with Gasteiger partial charge in [-0.05, 0) is 51.5 Å². The van der Waals surface area contributed by atoms with Gasteiger partial charge in [-0.1, -0.05) is 19.9 Å². The van der Waals surface area contributed by atoms with Crippen LogP contribution in [0.3, 0.4) is 0 Å². The van der Waals surface area contributed by atoms with E-state index in [1.807, 2.05) is 12.3 Å². The van der Waals surface area contributed by atoms with Gasteiger partial charge in [-0.2, -0.15) is 0 Å². The summed E-state index contributed by atoms with van der Waals surface area (Å²) in [6, 6.07) is 4.41. The zero-order valence-electron chi connectivity index (χ0n) is 18.9. The number of hydrogen-bond donors (Lipinski definition) is 3. The molecule has 1 amide bonds. The highest BCUT2D eigenvalue weighted by molar-refractivity contribution is 14.0. The molecule has 1 aliphatic heterocycles. The lowest BCUT2D eigenvalue weighted by Crippen LogP contribution is -2.42. The molecule has 0 bridgehead atoms. The minimum atomic E-state index is -0.191. The molecule has 0 radical (unpaired) electrons. The van der Waals surface area contributed by atoms with E-state index in [-0.39, 0.29) is 35.8 Å². The molecule has 2 rings (SSSR count). The van der Waals surface area contributed by atoms with E-state index in [0.717, 1.165) is 56.2 Å². The van der Waals surface area contributed by atoms with E-state index < -0.39 is 0 Å². The van der Waals surface area contributed by atoms with Crippen LogP contribution in [0.4, 0.5) is 5.82 Å². The molecule has 4 N–H and O–H groups in total. The van der Waals surface area contributed by atoms with Gasteiger partial charge >= 0.3 is 0 Å². The highest BCUT2D eigenvalue weighted by atomic mass is 127. The fourth-order valence-electron chi connectivity index (χ4n) is 3.59. The Morgan fingerprint density at radius 2 is 2.00 bits per heavy atom. The molecular formula is C22H39IN6O. The summed E-state index contributed by atoms with van der Waals surface area (Å²) in [4.78, 5) is 23.1. The maximum atomic E-state index is 11.4. The van der Waals surface area contributed by atoms with Crippen molar-refractivity contribution in [3.63, 3.8) is 0 Å². The highest BCUT2D eigenvalue weighted by Crippen LogP contribution is 2.24. The van der Waals surface area contributed by atoms with Gasteiger partial charge in [0.15, 0.2) is 5.96 Å². The first-order chi connectivity index (χ1) is 13.9. The molecule has 0 saturated carbocycles. The van der Waals surface area contributed by atoms with Gasteiger partial charge in [-0.25, -0.2) is 9.98 Å². The number of carbonyl (C=O) groups is 1. The lowest BCUT2D eigenvalue weighted by molar-refractivity contribution is -0.122. The average molecular weight is 530 g/mol. The van der Waals surface area contributed by atoms with Crippen molar-refractivity contribution in [2.24, 2.45) is 22.6 Å². The largest absolute Gasteiger partial charge is 0.369 e. The first-order valence-corrected chi connectivity index (χ1v) is 10.9. The number of guanidine groups is 1. The number of nitrogens with two attached hydrogens (primary N) is 1. The number of piperidine rings is 1. The molecule has 1 atom stereocenters. The molecule has 0 aliphatic carbocycles.